The van der Waals surface area contributed by atoms with Gasteiger partial charge >= 0.3 is 0 Å². The highest BCUT2D eigenvalue weighted by atomic mass is 15.2. The summed E-state index contributed by atoms with van der Waals surface area (Å²) in [6.07, 6.45) is 5.73. The Balaban J connectivity index is 1.58. The Hall–Kier alpha value is -0.120. The van der Waals surface area contributed by atoms with Crippen molar-refractivity contribution in [1.82, 2.24) is 15.1 Å². The molecule has 2 fully saturated rings. The zero-order chi connectivity index (χ0) is 12.1. The van der Waals surface area contributed by atoms with Gasteiger partial charge in [0.15, 0.2) is 0 Å². The van der Waals surface area contributed by atoms with Crippen LogP contribution in [0.3, 0.4) is 0 Å². The maximum absolute atomic E-state index is 3.42. The zero-order valence-corrected chi connectivity index (χ0v) is 11.6. The molecule has 1 aliphatic heterocycles. The number of hydrogen-bond acceptors (Lipinski definition) is 3. The fourth-order valence-corrected chi connectivity index (χ4v) is 2.92. The summed E-state index contributed by atoms with van der Waals surface area (Å²) < 4.78 is 0. The summed E-state index contributed by atoms with van der Waals surface area (Å²) in [5.41, 5.74) is 0. The monoisotopic (exact) mass is 239 g/mol. The Morgan fingerprint density at radius 1 is 1.29 bits per heavy atom. The largest absolute Gasteiger partial charge is 0.314 e. The molecular weight excluding hydrogens is 210 g/mol. The lowest BCUT2D eigenvalue weighted by atomic mass is 9.85. The first kappa shape index (κ1) is 13.3. The van der Waals surface area contributed by atoms with E-state index in [1.54, 1.807) is 0 Å². The van der Waals surface area contributed by atoms with Crippen molar-refractivity contribution in [2.75, 3.05) is 46.3 Å². The molecule has 3 nitrogen and oxygen atoms in total. The molecule has 1 atom stereocenters. The summed E-state index contributed by atoms with van der Waals surface area (Å²) in [7, 11) is 2.29. The molecule has 0 amide bonds. The molecule has 0 spiro atoms. The minimum absolute atomic E-state index is 0.751. The normalized spacial score (nSPS) is 24.9. The predicted octanol–water partition coefficient (Wildman–Crippen LogP) is 1.40. The van der Waals surface area contributed by atoms with Gasteiger partial charge < -0.3 is 10.2 Å². The standard InChI is InChI=1S/C14H29N3/c1-13(17-10-7-15-8-11-17)6-9-16(2)12-14-4-3-5-14/h13-15H,3-12H2,1-2H3. The van der Waals surface area contributed by atoms with Crippen LogP contribution in [0.15, 0.2) is 0 Å². The van der Waals surface area contributed by atoms with E-state index >= 15 is 0 Å². The average molecular weight is 239 g/mol. The third-order valence-electron chi connectivity index (χ3n) is 4.50. The third kappa shape index (κ3) is 4.23. The first-order chi connectivity index (χ1) is 8.25. The van der Waals surface area contributed by atoms with Crippen LogP contribution in [0.25, 0.3) is 0 Å². The van der Waals surface area contributed by atoms with Crippen LogP contribution in [0.2, 0.25) is 0 Å². The Morgan fingerprint density at radius 2 is 2.00 bits per heavy atom. The van der Waals surface area contributed by atoms with E-state index in [9.17, 15) is 0 Å². The molecule has 0 bridgehead atoms. The lowest BCUT2D eigenvalue weighted by Gasteiger charge is -2.35. The highest BCUT2D eigenvalue weighted by Gasteiger charge is 2.20. The van der Waals surface area contributed by atoms with Gasteiger partial charge in [0.2, 0.25) is 0 Å². The van der Waals surface area contributed by atoms with Crippen LogP contribution in [0.5, 0.6) is 0 Å². The van der Waals surface area contributed by atoms with Gasteiger partial charge in [-0.2, -0.15) is 0 Å². The van der Waals surface area contributed by atoms with Gasteiger partial charge in [0, 0.05) is 38.8 Å². The van der Waals surface area contributed by atoms with Gasteiger partial charge in [0.05, 0.1) is 0 Å². The van der Waals surface area contributed by atoms with Gasteiger partial charge in [-0.3, -0.25) is 4.90 Å². The van der Waals surface area contributed by atoms with Gasteiger partial charge in [-0.15, -0.1) is 0 Å². The molecule has 1 saturated heterocycles. The summed E-state index contributed by atoms with van der Waals surface area (Å²) in [4.78, 5) is 5.18. The lowest BCUT2D eigenvalue weighted by molar-refractivity contribution is 0.150. The zero-order valence-electron chi connectivity index (χ0n) is 11.6. The Labute approximate surface area is 107 Å². The van der Waals surface area contributed by atoms with E-state index in [-0.39, 0.29) is 0 Å². The Kier molecular flexibility index (Phi) is 5.26. The van der Waals surface area contributed by atoms with Gasteiger partial charge in [-0.25, -0.2) is 0 Å². The van der Waals surface area contributed by atoms with E-state index in [2.05, 4.69) is 29.1 Å². The highest BCUT2D eigenvalue weighted by Crippen LogP contribution is 2.26. The molecule has 0 aromatic carbocycles. The molecule has 3 heteroatoms. The van der Waals surface area contributed by atoms with Crippen LogP contribution >= 0.6 is 0 Å². The molecule has 100 valence electrons. The quantitative estimate of drug-likeness (QED) is 0.756. The second-order valence-corrected chi connectivity index (χ2v) is 5.98. The fourth-order valence-electron chi connectivity index (χ4n) is 2.92. The Bertz CT molecular complexity index is 210. The van der Waals surface area contributed by atoms with Crippen molar-refractivity contribution >= 4 is 0 Å². The molecule has 1 heterocycles. The van der Waals surface area contributed by atoms with Crippen molar-refractivity contribution in [3.05, 3.63) is 0 Å². The van der Waals surface area contributed by atoms with E-state index in [0.717, 1.165) is 12.0 Å². The smallest absolute Gasteiger partial charge is 0.0110 e. The topological polar surface area (TPSA) is 18.5 Å². The minimum Gasteiger partial charge on any atom is -0.314 e. The van der Waals surface area contributed by atoms with Crippen molar-refractivity contribution in [2.45, 2.75) is 38.6 Å². The minimum atomic E-state index is 0.751. The molecule has 2 rings (SSSR count). The van der Waals surface area contributed by atoms with Crippen molar-refractivity contribution in [1.29, 1.82) is 0 Å². The summed E-state index contributed by atoms with van der Waals surface area (Å²) in [6.45, 7) is 9.78. The van der Waals surface area contributed by atoms with Crippen LogP contribution in [-0.2, 0) is 0 Å². The van der Waals surface area contributed by atoms with Crippen LogP contribution in [-0.4, -0.2) is 62.2 Å². The maximum atomic E-state index is 3.42. The Morgan fingerprint density at radius 3 is 2.59 bits per heavy atom. The van der Waals surface area contributed by atoms with Crippen LogP contribution in [0.4, 0.5) is 0 Å². The van der Waals surface area contributed by atoms with Crippen molar-refractivity contribution in [2.24, 2.45) is 5.92 Å². The van der Waals surface area contributed by atoms with Crippen LogP contribution in [0.1, 0.15) is 32.6 Å². The van der Waals surface area contributed by atoms with E-state index in [1.165, 1.54) is 65.0 Å². The summed E-state index contributed by atoms with van der Waals surface area (Å²) in [6, 6.07) is 0.751. The second kappa shape index (κ2) is 6.72. The molecule has 1 N–H and O–H groups in total. The molecule has 17 heavy (non-hydrogen) atoms. The van der Waals surface area contributed by atoms with Crippen molar-refractivity contribution in [3.8, 4) is 0 Å². The van der Waals surface area contributed by atoms with Gasteiger partial charge in [-0.1, -0.05) is 6.42 Å². The SMILES string of the molecule is CC(CCN(C)CC1CCC1)N1CCNCC1. The second-order valence-electron chi connectivity index (χ2n) is 5.98. The van der Waals surface area contributed by atoms with E-state index in [1.807, 2.05) is 0 Å². The number of nitrogens with zero attached hydrogens (tertiary/aromatic N) is 2. The molecule has 0 radical (unpaired) electrons. The van der Waals surface area contributed by atoms with Crippen molar-refractivity contribution < 1.29 is 0 Å². The van der Waals surface area contributed by atoms with E-state index < -0.39 is 0 Å². The fraction of sp³-hybridized carbons (Fsp3) is 1.00. The van der Waals surface area contributed by atoms with E-state index in [0.29, 0.717) is 0 Å². The molecule has 1 unspecified atom stereocenters. The first-order valence-electron chi connectivity index (χ1n) is 7.39. The number of nitrogens with one attached hydrogen (secondary N) is 1. The number of piperazine rings is 1. The number of hydrogen-bond donors (Lipinski definition) is 1. The molecule has 0 aromatic heterocycles. The average Bonchev–Trinajstić information content (AvgIpc) is 2.32. The van der Waals surface area contributed by atoms with Crippen LogP contribution < -0.4 is 5.32 Å². The highest BCUT2D eigenvalue weighted by molar-refractivity contribution is 4.76. The van der Waals surface area contributed by atoms with E-state index in [4.69, 9.17) is 0 Å². The van der Waals surface area contributed by atoms with Crippen molar-refractivity contribution in [3.63, 3.8) is 0 Å². The summed E-state index contributed by atoms with van der Waals surface area (Å²) >= 11 is 0. The molecule has 2 aliphatic rings. The molecule has 1 aliphatic carbocycles. The molecule has 0 aromatic rings. The first-order valence-corrected chi connectivity index (χ1v) is 7.39. The van der Waals surface area contributed by atoms with Gasteiger partial charge in [0.25, 0.3) is 0 Å². The summed E-state index contributed by atoms with van der Waals surface area (Å²) in [5, 5.41) is 3.42. The van der Waals surface area contributed by atoms with Gasteiger partial charge in [0.1, 0.15) is 0 Å². The van der Waals surface area contributed by atoms with Crippen LogP contribution in [0, 0.1) is 5.92 Å². The third-order valence-corrected chi connectivity index (χ3v) is 4.50. The maximum Gasteiger partial charge on any atom is 0.0110 e. The predicted molar refractivity (Wildman–Crippen MR) is 73.4 cm³/mol. The van der Waals surface area contributed by atoms with Gasteiger partial charge in [-0.05, 0) is 45.7 Å². The molecule has 1 saturated carbocycles. The lowest BCUT2D eigenvalue weighted by Crippen LogP contribution is -2.48. The summed E-state index contributed by atoms with van der Waals surface area (Å²) in [5.74, 6) is 1.01. The molecular formula is C14H29N3. The number of rotatable bonds is 6.